The number of hydrogen-bond acceptors (Lipinski definition) is 1. The van der Waals surface area contributed by atoms with Gasteiger partial charge in [0, 0.05) is 11.5 Å². The maximum absolute atomic E-state index is 13.0. The van der Waals surface area contributed by atoms with Gasteiger partial charge in [0.15, 0.2) is 0 Å². The van der Waals surface area contributed by atoms with Crippen LogP contribution in [0.15, 0.2) is 30.6 Å². The van der Waals surface area contributed by atoms with Crippen molar-refractivity contribution < 1.29 is 13.2 Å². The van der Waals surface area contributed by atoms with Crippen LogP contribution in [0.3, 0.4) is 0 Å². The first-order valence-electron chi connectivity index (χ1n) is 4.88. The molecule has 0 saturated heterocycles. The van der Waals surface area contributed by atoms with Crippen molar-refractivity contribution in [3.05, 3.63) is 45.3 Å². The van der Waals surface area contributed by atoms with E-state index in [0.29, 0.717) is 10.9 Å². The number of alkyl halides is 4. The SMILES string of the molecule is FC(F)(F)c1cc(CBr)ccc1-n1cc(I)cn1. The average Bonchev–Trinajstić information content (AvgIpc) is 2.74. The van der Waals surface area contributed by atoms with E-state index < -0.39 is 11.7 Å². The molecule has 0 bridgehead atoms. The molecule has 0 unspecified atom stereocenters. The van der Waals surface area contributed by atoms with Gasteiger partial charge in [-0.1, -0.05) is 22.0 Å². The van der Waals surface area contributed by atoms with Gasteiger partial charge in [-0.25, -0.2) is 4.68 Å². The minimum atomic E-state index is -4.40. The van der Waals surface area contributed by atoms with E-state index in [1.807, 2.05) is 22.6 Å². The maximum atomic E-state index is 13.0. The molecular formula is C11H7BrF3IN2. The highest BCUT2D eigenvalue weighted by molar-refractivity contribution is 14.1. The lowest BCUT2D eigenvalue weighted by Gasteiger charge is -2.13. The first kappa shape index (κ1) is 13.9. The largest absolute Gasteiger partial charge is 0.418 e. The van der Waals surface area contributed by atoms with Crippen molar-refractivity contribution in [3.8, 4) is 5.69 Å². The zero-order valence-corrected chi connectivity index (χ0v) is 12.6. The van der Waals surface area contributed by atoms with E-state index in [1.54, 1.807) is 12.3 Å². The highest BCUT2D eigenvalue weighted by Crippen LogP contribution is 2.34. The molecule has 1 heterocycles. The number of halogens is 5. The second-order valence-electron chi connectivity index (χ2n) is 3.59. The van der Waals surface area contributed by atoms with Gasteiger partial charge < -0.3 is 0 Å². The summed E-state index contributed by atoms with van der Waals surface area (Å²) in [6.07, 6.45) is -1.33. The van der Waals surface area contributed by atoms with E-state index in [2.05, 4.69) is 21.0 Å². The number of aromatic nitrogens is 2. The van der Waals surface area contributed by atoms with E-state index in [-0.39, 0.29) is 5.69 Å². The molecule has 2 rings (SSSR count). The minimum Gasteiger partial charge on any atom is -0.239 e. The lowest BCUT2D eigenvalue weighted by Crippen LogP contribution is -2.11. The predicted octanol–water partition coefficient (Wildman–Crippen LogP) is 4.39. The summed E-state index contributed by atoms with van der Waals surface area (Å²) in [5.74, 6) is 0. The smallest absolute Gasteiger partial charge is 0.239 e. The molecule has 0 spiro atoms. The average molecular weight is 431 g/mol. The van der Waals surface area contributed by atoms with Crippen LogP contribution in [0.5, 0.6) is 0 Å². The van der Waals surface area contributed by atoms with Crippen molar-refractivity contribution in [2.45, 2.75) is 11.5 Å². The monoisotopic (exact) mass is 430 g/mol. The van der Waals surface area contributed by atoms with E-state index in [9.17, 15) is 13.2 Å². The quantitative estimate of drug-likeness (QED) is 0.510. The van der Waals surface area contributed by atoms with E-state index in [4.69, 9.17) is 0 Å². The molecule has 0 aliphatic heterocycles. The predicted molar refractivity (Wildman–Crippen MR) is 73.9 cm³/mol. The highest BCUT2D eigenvalue weighted by Gasteiger charge is 2.34. The molecule has 0 aliphatic carbocycles. The summed E-state index contributed by atoms with van der Waals surface area (Å²) in [6, 6.07) is 4.22. The zero-order valence-electron chi connectivity index (χ0n) is 8.88. The van der Waals surface area contributed by atoms with Crippen LogP contribution in [-0.4, -0.2) is 9.78 Å². The Labute approximate surface area is 123 Å². The highest BCUT2D eigenvalue weighted by atomic mass is 127. The van der Waals surface area contributed by atoms with Gasteiger partial charge in [0.1, 0.15) is 0 Å². The van der Waals surface area contributed by atoms with Crippen molar-refractivity contribution in [3.63, 3.8) is 0 Å². The fourth-order valence-corrected chi connectivity index (χ4v) is 2.26. The normalized spacial score (nSPS) is 11.8. The van der Waals surface area contributed by atoms with Crippen LogP contribution in [0.4, 0.5) is 13.2 Å². The summed E-state index contributed by atoms with van der Waals surface area (Å²) >= 11 is 5.15. The summed E-state index contributed by atoms with van der Waals surface area (Å²) < 4.78 is 41.0. The van der Waals surface area contributed by atoms with Crippen LogP contribution >= 0.6 is 38.5 Å². The number of nitrogens with zero attached hydrogens (tertiary/aromatic N) is 2. The molecule has 0 N–H and O–H groups in total. The van der Waals surface area contributed by atoms with Gasteiger partial charge in [-0.15, -0.1) is 0 Å². The fourth-order valence-electron chi connectivity index (χ4n) is 1.53. The molecule has 0 aliphatic rings. The summed E-state index contributed by atoms with van der Waals surface area (Å²) in [4.78, 5) is 0. The summed E-state index contributed by atoms with van der Waals surface area (Å²) in [5.41, 5.74) is -0.0676. The Morgan fingerprint density at radius 3 is 2.56 bits per heavy atom. The summed E-state index contributed by atoms with van der Waals surface area (Å²) in [5, 5.41) is 4.30. The first-order valence-corrected chi connectivity index (χ1v) is 7.08. The molecule has 7 heteroatoms. The lowest BCUT2D eigenvalue weighted by molar-refractivity contribution is -0.137. The fraction of sp³-hybridized carbons (Fsp3) is 0.182. The van der Waals surface area contributed by atoms with Crippen LogP contribution in [0.25, 0.3) is 5.69 Å². The van der Waals surface area contributed by atoms with Gasteiger partial charge in [0.2, 0.25) is 0 Å². The Bertz CT molecular complexity index is 566. The molecule has 0 amide bonds. The summed E-state index contributed by atoms with van der Waals surface area (Å²) in [6.45, 7) is 0. The molecule has 18 heavy (non-hydrogen) atoms. The van der Waals surface area contributed by atoms with E-state index >= 15 is 0 Å². The second kappa shape index (κ2) is 5.20. The van der Waals surface area contributed by atoms with Crippen LogP contribution in [-0.2, 0) is 11.5 Å². The van der Waals surface area contributed by atoms with Crippen LogP contribution in [0.2, 0.25) is 0 Å². The Hall–Kier alpha value is -0.570. The van der Waals surface area contributed by atoms with Gasteiger partial charge in [-0.05, 0) is 40.3 Å². The standard InChI is InChI=1S/C11H7BrF3IN2/c12-4-7-1-2-10(9(3-7)11(13,14)15)18-6-8(16)5-17-18/h1-3,5-6H,4H2. The number of rotatable bonds is 2. The Kier molecular flexibility index (Phi) is 4.00. The topological polar surface area (TPSA) is 17.8 Å². The molecule has 0 atom stereocenters. The molecule has 96 valence electrons. The Morgan fingerprint density at radius 2 is 2.06 bits per heavy atom. The Balaban J connectivity index is 2.60. The first-order chi connectivity index (χ1) is 8.41. The van der Waals surface area contributed by atoms with Gasteiger partial charge in [0.05, 0.1) is 21.0 Å². The Morgan fingerprint density at radius 1 is 1.33 bits per heavy atom. The molecule has 1 aromatic carbocycles. The van der Waals surface area contributed by atoms with Crippen molar-refractivity contribution in [2.75, 3.05) is 0 Å². The van der Waals surface area contributed by atoms with Crippen molar-refractivity contribution in [2.24, 2.45) is 0 Å². The van der Waals surface area contributed by atoms with Crippen molar-refractivity contribution in [1.82, 2.24) is 9.78 Å². The van der Waals surface area contributed by atoms with Crippen molar-refractivity contribution >= 4 is 38.5 Å². The molecule has 2 aromatic rings. The summed E-state index contributed by atoms with van der Waals surface area (Å²) in [7, 11) is 0. The molecule has 2 nitrogen and oxygen atoms in total. The van der Waals surface area contributed by atoms with Gasteiger partial charge in [0.25, 0.3) is 0 Å². The van der Waals surface area contributed by atoms with E-state index in [0.717, 1.165) is 9.64 Å². The van der Waals surface area contributed by atoms with Crippen LogP contribution in [0, 0.1) is 3.57 Å². The number of benzene rings is 1. The zero-order chi connectivity index (χ0) is 13.3. The minimum absolute atomic E-state index is 0.0371. The number of hydrogen-bond donors (Lipinski definition) is 0. The molecular weight excluding hydrogens is 424 g/mol. The molecule has 0 saturated carbocycles. The van der Waals surface area contributed by atoms with Gasteiger partial charge >= 0.3 is 6.18 Å². The third-order valence-electron chi connectivity index (χ3n) is 2.32. The molecule has 0 radical (unpaired) electrons. The van der Waals surface area contributed by atoms with Crippen molar-refractivity contribution in [1.29, 1.82) is 0 Å². The molecule has 1 aromatic heterocycles. The third-order valence-corrected chi connectivity index (χ3v) is 3.52. The van der Waals surface area contributed by atoms with Gasteiger partial charge in [-0.3, -0.25) is 0 Å². The maximum Gasteiger partial charge on any atom is 0.418 e. The third kappa shape index (κ3) is 2.87. The molecule has 0 fully saturated rings. The van der Waals surface area contributed by atoms with Crippen LogP contribution in [0.1, 0.15) is 11.1 Å². The lowest BCUT2D eigenvalue weighted by atomic mass is 10.1. The second-order valence-corrected chi connectivity index (χ2v) is 5.39. The van der Waals surface area contributed by atoms with E-state index in [1.165, 1.54) is 16.9 Å². The van der Waals surface area contributed by atoms with Gasteiger partial charge in [-0.2, -0.15) is 18.3 Å². The van der Waals surface area contributed by atoms with Crippen LogP contribution < -0.4 is 0 Å².